The minimum absolute atomic E-state index is 0.0425. The third kappa shape index (κ3) is 3.95. The maximum absolute atomic E-state index is 12.6. The third-order valence-corrected chi connectivity index (χ3v) is 5.68. The highest BCUT2D eigenvalue weighted by Gasteiger charge is 2.40. The Hall–Kier alpha value is -2.76. The molecule has 2 aromatic rings. The second-order valence-corrected chi connectivity index (χ2v) is 7.98. The number of carbonyl (C=O) groups is 1. The van der Waals surface area contributed by atoms with Crippen molar-refractivity contribution in [2.24, 2.45) is 7.05 Å². The molecule has 1 amide bonds. The summed E-state index contributed by atoms with van der Waals surface area (Å²) in [6.45, 7) is 1.50. The molecule has 2 fully saturated rings. The van der Waals surface area contributed by atoms with Crippen LogP contribution >= 0.6 is 0 Å². The van der Waals surface area contributed by atoms with Gasteiger partial charge in [-0.2, -0.15) is 5.10 Å². The highest BCUT2D eigenvalue weighted by atomic mass is 16.5. The van der Waals surface area contributed by atoms with E-state index < -0.39 is 41.5 Å². The number of aliphatic hydroxyl groups is 2. The summed E-state index contributed by atoms with van der Waals surface area (Å²) in [5.74, 6) is -0.00776. The molecule has 11 heteroatoms. The Kier molecular flexibility index (Phi) is 5.35. The molecule has 1 saturated heterocycles. The number of H-pyrrole nitrogens is 1. The quantitative estimate of drug-likeness (QED) is 0.454. The lowest BCUT2D eigenvalue weighted by Crippen LogP contribution is -2.60. The average molecular weight is 419 g/mol. The van der Waals surface area contributed by atoms with Crippen molar-refractivity contribution in [3.05, 3.63) is 50.1 Å². The van der Waals surface area contributed by atoms with Crippen LogP contribution < -0.4 is 16.6 Å². The normalized spacial score (nSPS) is 26.5. The van der Waals surface area contributed by atoms with Gasteiger partial charge in [-0.25, -0.2) is 4.79 Å². The zero-order valence-electron chi connectivity index (χ0n) is 16.7. The fourth-order valence-corrected chi connectivity index (χ4v) is 3.74. The van der Waals surface area contributed by atoms with Crippen molar-refractivity contribution in [3.8, 4) is 0 Å². The van der Waals surface area contributed by atoms with Crippen LogP contribution in [0, 0.1) is 6.92 Å². The average Bonchev–Trinajstić information content (AvgIpc) is 3.45. The monoisotopic (exact) mass is 419 g/mol. The summed E-state index contributed by atoms with van der Waals surface area (Å²) < 4.78 is 8.40. The van der Waals surface area contributed by atoms with Gasteiger partial charge in [0, 0.05) is 24.7 Å². The molecular weight excluding hydrogens is 394 g/mol. The summed E-state index contributed by atoms with van der Waals surface area (Å²) >= 11 is 0. The Morgan fingerprint density at radius 2 is 2.03 bits per heavy atom. The number of hydrogen-bond donors (Lipinski definition) is 4. The van der Waals surface area contributed by atoms with Crippen molar-refractivity contribution in [1.82, 2.24) is 24.6 Å². The summed E-state index contributed by atoms with van der Waals surface area (Å²) in [6, 6.07) is 2.18. The van der Waals surface area contributed by atoms with Crippen LogP contribution in [0.2, 0.25) is 0 Å². The van der Waals surface area contributed by atoms with Crippen LogP contribution in [0.15, 0.2) is 21.7 Å². The molecule has 1 aliphatic carbocycles. The second-order valence-electron chi connectivity index (χ2n) is 7.98. The lowest BCUT2D eigenvalue weighted by Gasteiger charge is -2.38. The van der Waals surface area contributed by atoms with Gasteiger partial charge < -0.3 is 20.3 Å². The molecular formula is C19H25N5O6. The molecule has 30 heavy (non-hydrogen) atoms. The van der Waals surface area contributed by atoms with Crippen LogP contribution in [0.3, 0.4) is 0 Å². The van der Waals surface area contributed by atoms with Gasteiger partial charge in [0.2, 0.25) is 0 Å². The SMILES string of the molecule is Cc1cc(=O)[nH]c(=O)n1C[C@H]1OC[C@@H](NC(=O)c2cc(C3CC3)nn2C)[C@H](O)[C@@H]1O. The molecule has 1 aliphatic heterocycles. The van der Waals surface area contributed by atoms with E-state index in [2.05, 4.69) is 15.4 Å². The Bertz CT molecular complexity index is 1070. The molecule has 0 bridgehead atoms. The first-order chi connectivity index (χ1) is 14.2. The van der Waals surface area contributed by atoms with Crippen LogP contribution in [-0.2, 0) is 18.3 Å². The van der Waals surface area contributed by atoms with E-state index in [0.717, 1.165) is 18.5 Å². The molecule has 4 rings (SSSR count). The maximum atomic E-state index is 12.6. The third-order valence-electron chi connectivity index (χ3n) is 5.68. The van der Waals surface area contributed by atoms with Crippen LogP contribution in [0.25, 0.3) is 0 Å². The highest BCUT2D eigenvalue weighted by Crippen LogP contribution is 2.39. The molecule has 1 saturated carbocycles. The standard InChI is InChI=1S/C19H25N5O6/c1-9-5-15(25)21-19(29)24(9)7-14-17(27)16(26)12(8-30-14)20-18(28)13-6-11(10-3-4-10)22-23(13)2/h5-6,10,12,14,16-17,26-27H,3-4,7-8H2,1-2H3,(H,20,28)(H,21,25,29)/t12-,14-,16+,17-/m1/s1. The lowest BCUT2D eigenvalue weighted by atomic mass is 9.97. The first-order valence-electron chi connectivity index (χ1n) is 9.88. The first kappa shape index (κ1) is 20.5. The Morgan fingerprint density at radius 1 is 1.30 bits per heavy atom. The van der Waals surface area contributed by atoms with Gasteiger partial charge in [-0.3, -0.25) is 23.8 Å². The van der Waals surface area contributed by atoms with Gasteiger partial charge >= 0.3 is 5.69 Å². The Morgan fingerprint density at radius 3 is 2.70 bits per heavy atom. The van der Waals surface area contributed by atoms with E-state index in [1.54, 1.807) is 20.0 Å². The maximum Gasteiger partial charge on any atom is 0.328 e. The number of carbonyl (C=O) groups excluding carboxylic acids is 1. The van der Waals surface area contributed by atoms with Gasteiger partial charge in [-0.15, -0.1) is 0 Å². The van der Waals surface area contributed by atoms with Gasteiger partial charge in [0.25, 0.3) is 11.5 Å². The van der Waals surface area contributed by atoms with E-state index in [4.69, 9.17) is 4.74 Å². The molecule has 4 N–H and O–H groups in total. The van der Waals surface area contributed by atoms with Crippen molar-refractivity contribution >= 4 is 5.91 Å². The van der Waals surface area contributed by atoms with E-state index in [9.17, 15) is 24.6 Å². The van der Waals surface area contributed by atoms with Crippen molar-refractivity contribution in [3.63, 3.8) is 0 Å². The smallest absolute Gasteiger partial charge is 0.328 e. The summed E-state index contributed by atoms with van der Waals surface area (Å²) in [5, 5.41) is 28.1. The van der Waals surface area contributed by atoms with E-state index >= 15 is 0 Å². The lowest BCUT2D eigenvalue weighted by molar-refractivity contribution is -0.152. The molecule has 0 radical (unpaired) electrons. The highest BCUT2D eigenvalue weighted by molar-refractivity contribution is 5.93. The van der Waals surface area contributed by atoms with Gasteiger partial charge in [0.05, 0.1) is 24.9 Å². The summed E-state index contributed by atoms with van der Waals surface area (Å²) in [6.07, 6.45) is -1.37. The van der Waals surface area contributed by atoms with Crippen LogP contribution in [0.5, 0.6) is 0 Å². The van der Waals surface area contributed by atoms with Gasteiger partial charge in [0.1, 0.15) is 24.0 Å². The summed E-state index contributed by atoms with van der Waals surface area (Å²) in [7, 11) is 1.68. The number of aryl methyl sites for hydroxylation is 2. The van der Waals surface area contributed by atoms with Crippen molar-refractivity contribution in [2.75, 3.05) is 6.61 Å². The fraction of sp³-hybridized carbons (Fsp3) is 0.579. The predicted molar refractivity (Wildman–Crippen MR) is 104 cm³/mol. The predicted octanol–water partition coefficient (Wildman–Crippen LogP) is -1.62. The minimum Gasteiger partial charge on any atom is -0.388 e. The molecule has 162 valence electrons. The number of nitrogens with one attached hydrogen (secondary N) is 2. The van der Waals surface area contributed by atoms with Crippen LogP contribution in [-0.4, -0.2) is 66.4 Å². The Balaban J connectivity index is 1.42. The summed E-state index contributed by atoms with van der Waals surface area (Å²) in [5.41, 5.74) is 0.526. The van der Waals surface area contributed by atoms with Crippen molar-refractivity contribution in [2.45, 2.75) is 56.6 Å². The molecule has 3 heterocycles. The fourth-order valence-electron chi connectivity index (χ4n) is 3.74. The van der Waals surface area contributed by atoms with Crippen LogP contribution in [0.1, 0.15) is 40.6 Å². The van der Waals surface area contributed by atoms with Gasteiger partial charge in [0.15, 0.2) is 0 Å². The number of nitrogens with zero attached hydrogens (tertiary/aromatic N) is 3. The number of ether oxygens (including phenoxy) is 1. The van der Waals surface area contributed by atoms with Gasteiger partial charge in [-0.1, -0.05) is 0 Å². The summed E-state index contributed by atoms with van der Waals surface area (Å²) in [4.78, 5) is 38.2. The number of rotatable bonds is 5. The second kappa shape index (κ2) is 7.82. The molecule has 11 nitrogen and oxygen atoms in total. The minimum atomic E-state index is -1.34. The van der Waals surface area contributed by atoms with Crippen molar-refractivity contribution < 1.29 is 19.7 Å². The van der Waals surface area contributed by atoms with E-state index in [0.29, 0.717) is 17.3 Å². The van der Waals surface area contributed by atoms with E-state index in [1.165, 1.54) is 15.3 Å². The molecule has 0 unspecified atom stereocenters. The molecule has 4 atom stereocenters. The number of aliphatic hydroxyl groups excluding tert-OH is 2. The topological polar surface area (TPSA) is 151 Å². The zero-order valence-corrected chi connectivity index (χ0v) is 16.7. The molecule has 2 aliphatic rings. The number of amides is 1. The van der Waals surface area contributed by atoms with Crippen molar-refractivity contribution in [1.29, 1.82) is 0 Å². The number of aromatic amines is 1. The van der Waals surface area contributed by atoms with Crippen LogP contribution in [0.4, 0.5) is 0 Å². The molecule has 2 aromatic heterocycles. The number of hydrogen-bond acceptors (Lipinski definition) is 7. The largest absolute Gasteiger partial charge is 0.388 e. The molecule has 0 spiro atoms. The van der Waals surface area contributed by atoms with E-state index in [1.807, 2.05) is 0 Å². The molecule has 0 aromatic carbocycles. The van der Waals surface area contributed by atoms with Gasteiger partial charge in [-0.05, 0) is 25.8 Å². The first-order valence-corrected chi connectivity index (χ1v) is 9.88. The zero-order chi connectivity index (χ0) is 21.6. The number of aromatic nitrogens is 4. The Labute approximate surface area is 171 Å². The van der Waals surface area contributed by atoms with E-state index in [-0.39, 0.29) is 13.2 Å².